The van der Waals surface area contributed by atoms with Crippen LogP contribution in [0.25, 0.3) is 0 Å². The molecule has 114 valence electrons. The molecule has 2 atom stereocenters. The van der Waals surface area contributed by atoms with Crippen LogP contribution in [0.2, 0.25) is 0 Å². The molecule has 0 radical (unpaired) electrons. The lowest BCUT2D eigenvalue weighted by atomic mass is 9.93. The molecule has 1 amide bonds. The van der Waals surface area contributed by atoms with Crippen LogP contribution in [0.4, 0.5) is 0 Å². The van der Waals surface area contributed by atoms with Crippen molar-refractivity contribution in [3.8, 4) is 12.3 Å². The predicted octanol–water partition coefficient (Wildman–Crippen LogP) is 0.812. The highest BCUT2D eigenvalue weighted by Crippen LogP contribution is 2.21. The molecule has 1 N–H and O–H groups in total. The van der Waals surface area contributed by atoms with Gasteiger partial charge in [0.25, 0.3) is 0 Å². The lowest BCUT2D eigenvalue weighted by molar-refractivity contribution is -0.126. The number of aryl methyl sites for hydroxylation is 1. The van der Waals surface area contributed by atoms with Gasteiger partial charge in [0.1, 0.15) is 5.82 Å². The minimum absolute atomic E-state index is 0.0191. The van der Waals surface area contributed by atoms with Crippen molar-refractivity contribution in [1.82, 2.24) is 19.8 Å². The van der Waals surface area contributed by atoms with Crippen LogP contribution in [0, 0.1) is 18.3 Å². The number of amides is 1. The highest BCUT2D eigenvalue weighted by atomic mass is 16.2. The molecule has 0 spiro atoms. The highest BCUT2D eigenvalue weighted by molar-refractivity contribution is 5.81. The molecule has 2 heterocycles. The van der Waals surface area contributed by atoms with Crippen LogP contribution >= 0.6 is 0 Å². The fraction of sp³-hybridized carbons (Fsp3) is 0.625. The second kappa shape index (κ2) is 7.28. The van der Waals surface area contributed by atoms with Gasteiger partial charge in [0.05, 0.1) is 12.6 Å². The third kappa shape index (κ3) is 4.08. The molecule has 1 aliphatic rings. The van der Waals surface area contributed by atoms with Crippen LogP contribution in [-0.4, -0.2) is 46.0 Å². The maximum atomic E-state index is 12.0. The molecule has 2 rings (SSSR count). The average Bonchev–Trinajstić information content (AvgIpc) is 2.89. The van der Waals surface area contributed by atoms with Gasteiger partial charge in [0, 0.05) is 32.4 Å². The van der Waals surface area contributed by atoms with Gasteiger partial charge in [-0.1, -0.05) is 5.92 Å². The lowest BCUT2D eigenvalue weighted by Gasteiger charge is -2.36. The molecule has 1 aliphatic heterocycles. The summed E-state index contributed by atoms with van der Waals surface area (Å²) < 4.78 is 2.07. The van der Waals surface area contributed by atoms with Gasteiger partial charge in [-0.25, -0.2) is 4.98 Å². The predicted molar refractivity (Wildman–Crippen MR) is 82.5 cm³/mol. The number of imidazole rings is 1. The van der Waals surface area contributed by atoms with Crippen LogP contribution in [0.5, 0.6) is 0 Å². The number of hydrogen-bond donors (Lipinski definition) is 1. The number of nitrogens with zero attached hydrogens (tertiary/aromatic N) is 3. The maximum Gasteiger partial charge on any atom is 0.237 e. The van der Waals surface area contributed by atoms with E-state index in [1.54, 1.807) is 0 Å². The zero-order valence-corrected chi connectivity index (χ0v) is 12.9. The van der Waals surface area contributed by atoms with Crippen LogP contribution in [0.1, 0.15) is 25.6 Å². The molecule has 0 unspecified atom stereocenters. The third-order valence-corrected chi connectivity index (χ3v) is 4.23. The Morgan fingerprint density at radius 3 is 3.14 bits per heavy atom. The number of hydrogen-bond acceptors (Lipinski definition) is 3. The van der Waals surface area contributed by atoms with Crippen molar-refractivity contribution >= 4 is 5.91 Å². The SMILES string of the molecule is C#CCNC(=O)[C@H](C)N1CCC[C@@H](Cc2nccn2C)C1. The topological polar surface area (TPSA) is 50.2 Å². The number of aromatic nitrogens is 2. The Kier molecular flexibility index (Phi) is 5.40. The zero-order chi connectivity index (χ0) is 15.2. The van der Waals surface area contributed by atoms with E-state index >= 15 is 0 Å². The standard InChI is InChI=1S/C16H24N4O/c1-4-7-18-16(21)13(2)20-9-5-6-14(12-20)11-15-17-8-10-19(15)3/h1,8,10,13-14H,5-7,9,11-12H2,2-3H3,(H,18,21)/t13-,14-/m0/s1. The van der Waals surface area contributed by atoms with E-state index in [1.807, 2.05) is 26.4 Å². The average molecular weight is 288 g/mol. The van der Waals surface area contributed by atoms with Crippen LogP contribution in [0.3, 0.4) is 0 Å². The van der Waals surface area contributed by atoms with E-state index in [0.717, 1.165) is 31.8 Å². The summed E-state index contributed by atoms with van der Waals surface area (Å²) in [5, 5.41) is 2.77. The van der Waals surface area contributed by atoms with Gasteiger partial charge in [-0.2, -0.15) is 0 Å². The number of nitrogens with one attached hydrogen (secondary N) is 1. The quantitative estimate of drug-likeness (QED) is 0.816. The molecular formula is C16H24N4O. The van der Waals surface area contributed by atoms with E-state index in [2.05, 4.69) is 25.7 Å². The van der Waals surface area contributed by atoms with Crippen LogP contribution in [0.15, 0.2) is 12.4 Å². The van der Waals surface area contributed by atoms with Gasteiger partial charge in [-0.15, -0.1) is 6.42 Å². The molecule has 5 nitrogen and oxygen atoms in total. The summed E-state index contributed by atoms with van der Waals surface area (Å²) >= 11 is 0. The van der Waals surface area contributed by atoms with Crippen molar-refractivity contribution in [3.05, 3.63) is 18.2 Å². The van der Waals surface area contributed by atoms with Gasteiger partial charge in [0.2, 0.25) is 5.91 Å². The van der Waals surface area contributed by atoms with Crippen molar-refractivity contribution in [2.24, 2.45) is 13.0 Å². The van der Waals surface area contributed by atoms with Crippen molar-refractivity contribution in [2.45, 2.75) is 32.2 Å². The van der Waals surface area contributed by atoms with E-state index in [-0.39, 0.29) is 11.9 Å². The molecule has 0 aromatic carbocycles. The minimum Gasteiger partial charge on any atom is -0.344 e. The second-order valence-electron chi connectivity index (χ2n) is 5.76. The highest BCUT2D eigenvalue weighted by Gasteiger charge is 2.27. The van der Waals surface area contributed by atoms with Crippen molar-refractivity contribution in [2.75, 3.05) is 19.6 Å². The van der Waals surface area contributed by atoms with E-state index in [9.17, 15) is 4.79 Å². The summed E-state index contributed by atoms with van der Waals surface area (Å²) in [6.45, 7) is 4.17. The monoisotopic (exact) mass is 288 g/mol. The summed E-state index contributed by atoms with van der Waals surface area (Å²) in [7, 11) is 2.03. The summed E-state index contributed by atoms with van der Waals surface area (Å²) in [5.41, 5.74) is 0. The van der Waals surface area contributed by atoms with Crippen LogP contribution in [-0.2, 0) is 18.3 Å². The molecule has 1 fully saturated rings. The first kappa shape index (κ1) is 15.6. The smallest absolute Gasteiger partial charge is 0.237 e. The van der Waals surface area contributed by atoms with Crippen molar-refractivity contribution < 1.29 is 4.79 Å². The molecule has 1 aromatic heterocycles. The van der Waals surface area contributed by atoms with Gasteiger partial charge in [-0.05, 0) is 32.2 Å². The summed E-state index contributed by atoms with van der Waals surface area (Å²) in [4.78, 5) is 18.7. The number of carbonyl (C=O) groups excluding carboxylic acids is 1. The molecular weight excluding hydrogens is 264 g/mol. The van der Waals surface area contributed by atoms with Gasteiger partial charge >= 0.3 is 0 Å². The van der Waals surface area contributed by atoms with E-state index in [0.29, 0.717) is 12.5 Å². The van der Waals surface area contributed by atoms with E-state index in [1.165, 1.54) is 6.42 Å². The third-order valence-electron chi connectivity index (χ3n) is 4.23. The summed E-state index contributed by atoms with van der Waals surface area (Å²) in [6.07, 6.45) is 12.3. The Hall–Kier alpha value is -1.80. The normalized spacial score (nSPS) is 20.7. The largest absolute Gasteiger partial charge is 0.344 e. The lowest BCUT2D eigenvalue weighted by Crippen LogP contribution is -2.49. The van der Waals surface area contributed by atoms with Crippen molar-refractivity contribution in [1.29, 1.82) is 0 Å². The summed E-state index contributed by atoms with van der Waals surface area (Å²) in [6, 6.07) is -0.123. The molecule has 5 heteroatoms. The van der Waals surface area contributed by atoms with Crippen LogP contribution < -0.4 is 5.32 Å². The first-order valence-electron chi connectivity index (χ1n) is 7.53. The summed E-state index contributed by atoms with van der Waals surface area (Å²) in [5.74, 6) is 4.13. The van der Waals surface area contributed by atoms with E-state index in [4.69, 9.17) is 6.42 Å². The fourth-order valence-corrected chi connectivity index (χ4v) is 2.92. The van der Waals surface area contributed by atoms with Gasteiger partial charge < -0.3 is 9.88 Å². The number of terminal acetylenes is 1. The Labute approximate surface area is 126 Å². The Morgan fingerprint density at radius 2 is 2.48 bits per heavy atom. The molecule has 0 saturated carbocycles. The molecule has 21 heavy (non-hydrogen) atoms. The molecule has 0 bridgehead atoms. The maximum absolute atomic E-state index is 12.0. The number of likely N-dealkylation sites (tertiary alicyclic amines) is 1. The van der Waals surface area contributed by atoms with E-state index < -0.39 is 0 Å². The van der Waals surface area contributed by atoms with Gasteiger partial charge in [0.15, 0.2) is 0 Å². The van der Waals surface area contributed by atoms with Crippen molar-refractivity contribution in [3.63, 3.8) is 0 Å². The molecule has 1 aromatic rings. The first-order valence-corrected chi connectivity index (χ1v) is 7.53. The second-order valence-corrected chi connectivity index (χ2v) is 5.76. The Morgan fingerprint density at radius 1 is 1.67 bits per heavy atom. The van der Waals surface area contributed by atoms with Gasteiger partial charge in [-0.3, -0.25) is 9.69 Å². The zero-order valence-electron chi connectivity index (χ0n) is 12.9. The fourth-order valence-electron chi connectivity index (χ4n) is 2.92. The number of rotatable bonds is 5. The Bertz CT molecular complexity index is 517. The first-order chi connectivity index (χ1) is 10.1. The molecule has 1 saturated heterocycles. The Balaban J connectivity index is 1.90. The number of piperidine rings is 1. The number of carbonyl (C=O) groups is 1. The molecule has 0 aliphatic carbocycles. The minimum atomic E-state index is -0.123.